The zero-order chi connectivity index (χ0) is 21.3. The fraction of sp³-hybridized carbons (Fsp3) is 0.125. The topological polar surface area (TPSA) is 66.5 Å². The van der Waals surface area contributed by atoms with E-state index in [1.54, 1.807) is 66.4 Å². The van der Waals surface area contributed by atoms with Gasteiger partial charge in [0.2, 0.25) is 0 Å². The number of carbonyl (C=O) groups excluding carboxylic acids is 3. The number of amides is 3. The van der Waals surface area contributed by atoms with Crippen molar-refractivity contribution in [1.29, 1.82) is 0 Å². The Hall–Kier alpha value is -3.38. The van der Waals surface area contributed by atoms with Gasteiger partial charge in [-0.15, -0.1) is 11.8 Å². The number of thioether (sulfide) groups is 1. The van der Waals surface area contributed by atoms with Crippen molar-refractivity contribution in [2.45, 2.75) is 24.0 Å². The number of benzene rings is 3. The molecule has 0 saturated carbocycles. The highest BCUT2D eigenvalue weighted by atomic mass is 32.2. The predicted molar refractivity (Wildman–Crippen MR) is 119 cm³/mol. The summed E-state index contributed by atoms with van der Waals surface area (Å²) in [6.45, 7) is 4.15. The highest BCUT2D eigenvalue weighted by Crippen LogP contribution is 2.31. The smallest absolute Gasteiger partial charge is 0.266 e. The van der Waals surface area contributed by atoms with Crippen molar-refractivity contribution < 1.29 is 14.4 Å². The summed E-state index contributed by atoms with van der Waals surface area (Å²) in [5, 5.41) is 3.23. The molecular weight excluding hydrogens is 396 g/mol. The van der Waals surface area contributed by atoms with Crippen LogP contribution in [0.25, 0.3) is 0 Å². The zero-order valence-electron chi connectivity index (χ0n) is 16.6. The molecule has 6 heteroatoms. The van der Waals surface area contributed by atoms with E-state index < -0.39 is 0 Å². The molecule has 0 spiro atoms. The molecule has 0 aliphatic carbocycles. The summed E-state index contributed by atoms with van der Waals surface area (Å²) in [5.74, 6) is -0.964. The van der Waals surface area contributed by atoms with E-state index in [0.29, 0.717) is 33.3 Å². The van der Waals surface area contributed by atoms with E-state index in [1.165, 1.54) is 0 Å². The fourth-order valence-electron chi connectivity index (χ4n) is 3.36. The summed E-state index contributed by atoms with van der Waals surface area (Å²) in [6, 6.07) is 21.0. The van der Waals surface area contributed by atoms with Crippen molar-refractivity contribution in [3.8, 4) is 0 Å². The average molecular weight is 417 g/mol. The van der Waals surface area contributed by atoms with Crippen LogP contribution in [0.3, 0.4) is 0 Å². The molecule has 0 fully saturated rings. The molecular formula is C24H20N2O3S. The Bertz CT molecular complexity index is 1120. The van der Waals surface area contributed by atoms with Gasteiger partial charge in [-0.3, -0.25) is 14.4 Å². The van der Waals surface area contributed by atoms with Gasteiger partial charge in [-0.25, -0.2) is 4.90 Å². The molecule has 1 aliphatic heterocycles. The van der Waals surface area contributed by atoms with Crippen molar-refractivity contribution in [1.82, 2.24) is 0 Å². The van der Waals surface area contributed by atoms with E-state index in [9.17, 15) is 14.4 Å². The normalized spacial score (nSPS) is 13.0. The van der Waals surface area contributed by atoms with E-state index in [-0.39, 0.29) is 17.7 Å². The van der Waals surface area contributed by atoms with Gasteiger partial charge in [-0.2, -0.15) is 0 Å². The maximum atomic E-state index is 12.9. The first kappa shape index (κ1) is 19.9. The Morgan fingerprint density at radius 3 is 2.17 bits per heavy atom. The molecule has 0 aromatic heterocycles. The van der Waals surface area contributed by atoms with Crippen molar-refractivity contribution in [3.05, 3.63) is 89.5 Å². The van der Waals surface area contributed by atoms with Crippen LogP contribution in [0, 0.1) is 0 Å². The largest absolute Gasteiger partial charge is 0.322 e. The maximum absolute atomic E-state index is 12.9. The highest BCUT2D eigenvalue weighted by Gasteiger charge is 2.36. The van der Waals surface area contributed by atoms with Crippen molar-refractivity contribution in [3.63, 3.8) is 0 Å². The molecule has 1 N–H and O–H groups in total. The second-order valence-corrected chi connectivity index (χ2v) is 8.78. The third kappa shape index (κ3) is 3.74. The van der Waals surface area contributed by atoms with Crippen LogP contribution in [0.15, 0.2) is 77.7 Å². The summed E-state index contributed by atoms with van der Waals surface area (Å²) >= 11 is 1.62. The van der Waals surface area contributed by atoms with Crippen LogP contribution >= 0.6 is 11.8 Å². The fourth-order valence-corrected chi connectivity index (χ4v) is 4.31. The van der Waals surface area contributed by atoms with Crippen LogP contribution < -0.4 is 10.2 Å². The van der Waals surface area contributed by atoms with Gasteiger partial charge >= 0.3 is 0 Å². The summed E-state index contributed by atoms with van der Waals surface area (Å²) in [4.78, 5) is 40.4. The highest BCUT2D eigenvalue weighted by molar-refractivity contribution is 8.00. The lowest BCUT2D eigenvalue weighted by Gasteiger charge is -2.16. The Balaban J connectivity index is 1.59. The van der Waals surface area contributed by atoms with Gasteiger partial charge in [-0.1, -0.05) is 44.2 Å². The monoisotopic (exact) mass is 416 g/mol. The zero-order valence-corrected chi connectivity index (χ0v) is 17.4. The number of fused-ring (bicyclic) bond motifs is 1. The first-order valence-corrected chi connectivity index (χ1v) is 10.5. The second-order valence-electron chi connectivity index (χ2n) is 7.16. The number of hydrogen-bond donors (Lipinski definition) is 1. The molecule has 3 aromatic carbocycles. The van der Waals surface area contributed by atoms with Gasteiger partial charge in [-0.05, 0) is 42.5 Å². The quantitative estimate of drug-likeness (QED) is 0.456. The SMILES string of the molecule is CC(C)Sc1ccccc1C(=O)Nc1cccc(N2C(=O)c3ccccc3C2=O)c1. The molecule has 3 amide bonds. The third-order valence-electron chi connectivity index (χ3n) is 4.65. The van der Waals surface area contributed by atoms with Gasteiger partial charge in [0.1, 0.15) is 0 Å². The molecule has 1 aliphatic rings. The molecule has 0 radical (unpaired) electrons. The first-order valence-electron chi connectivity index (χ1n) is 9.60. The molecule has 0 unspecified atom stereocenters. The van der Waals surface area contributed by atoms with Gasteiger partial charge < -0.3 is 5.32 Å². The third-order valence-corrected chi connectivity index (χ3v) is 5.73. The average Bonchev–Trinajstić information content (AvgIpc) is 2.99. The van der Waals surface area contributed by atoms with Crippen LogP contribution in [-0.2, 0) is 0 Å². The molecule has 0 bridgehead atoms. The number of imide groups is 1. The second kappa shape index (κ2) is 8.16. The van der Waals surface area contributed by atoms with E-state index in [4.69, 9.17) is 0 Å². The Kier molecular flexibility index (Phi) is 5.42. The van der Waals surface area contributed by atoms with Gasteiger partial charge in [0.25, 0.3) is 17.7 Å². The maximum Gasteiger partial charge on any atom is 0.266 e. The standard InChI is InChI=1S/C24H20N2O3S/c1-15(2)30-21-13-6-5-12-20(21)22(27)25-16-8-7-9-17(14-16)26-23(28)18-10-3-4-11-19(18)24(26)29/h3-15H,1-2H3,(H,25,27). The van der Waals surface area contributed by atoms with Crippen molar-refractivity contribution >= 4 is 40.9 Å². The first-order chi connectivity index (χ1) is 14.5. The summed E-state index contributed by atoms with van der Waals surface area (Å²) in [5.41, 5.74) is 2.29. The molecule has 0 saturated heterocycles. The Morgan fingerprint density at radius 2 is 1.50 bits per heavy atom. The van der Waals surface area contributed by atoms with E-state index >= 15 is 0 Å². The van der Waals surface area contributed by atoms with Crippen molar-refractivity contribution in [2.75, 3.05) is 10.2 Å². The van der Waals surface area contributed by atoms with Crippen LogP contribution in [0.2, 0.25) is 0 Å². The molecule has 30 heavy (non-hydrogen) atoms. The van der Waals surface area contributed by atoms with E-state index in [2.05, 4.69) is 19.2 Å². The predicted octanol–water partition coefficient (Wildman–Crippen LogP) is 5.24. The minimum Gasteiger partial charge on any atom is -0.322 e. The number of nitrogens with zero attached hydrogens (tertiary/aromatic N) is 1. The molecule has 5 nitrogen and oxygen atoms in total. The summed E-state index contributed by atoms with van der Waals surface area (Å²) in [6.07, 6.45) is 0. The van der Waals surface area contributed by atoms with Crippen LogP contribution in [0.4, 0.5) is 11.4 Å². The number of nitrogens with one attached hydrogen (secondary N) is 1. The number of rotatable bonds is 5. The minimum atomic E-state index is -0.363. The molecule has 150 valence electrons. The number of carbonyl (C=O) groups is 3. The van der Waals surface area contributed by atoms with Crippen molar-refractivity contribution in [2.24, 2.45) is 0 Å². The molecule has 0 atom stereocenters. The number of hydrogen-bond acceptors (Lipinski definition) is 4. The Labute approximate surface area is 179 Å². The van der Waals surface area contributed by atoms with Crippen LogP contribution in [-0.4, -0.2) is 23.0 Å². The molecule has 1 heterocycles. The lowest BCUT2D eigenvalue weighted by Crippen LogP contribution is -2.29. The molecule has 4 rings (SSSR count). The Morgan fingerprint density at radius 1 is 0.867 bits per heavy atom. The summed E-state index contributed by atoms with van der Waals surface area (Å²) < 4.78 is 0. The van der Waals surface area contributed by atoms with Gasteiger partial charge in [0, 0.05) is 15.8 Å². The van der Waals surface area contributed by atoms with Gasteiger partial charge in [0.05, 0.1) is 22.4 Å². The lowest BCUT2D eigenvalue weighted by molar-refractivity contribution is 0.0925. The van der Waals surface area contributed by atoms with E-state index in [0.717, 1.165) is 9.80 Å². The number of anilines is 2. The minimum absolute atomic E-state index is 0.238. The summed E-state index contributed by atoms with van der Waals surface area (Å²) in [7, 11) is 0. The molecule has 3 aromatic rings. The van der Waals surface area contributed by atoms with Crippen LogP contribution in [0.1, 0.15) is 44.9 Å². The van der Waals surface area contributed by atoms with Gasteiger partial charge in [0.15, 0.2) is 0 Å². The lowest BCUT2D eigenvalue weighted by atomic mass is 10.1. The van der Waals surface area contributed by atoms with Crippen LogP contribution in [0.5, 0.6) is 0 Å². The van der Waals surface area contributed by atoms with E-state index in [1.807, 2.05) is 18.2 Å².